The highest BCUT2D eigenvalue weighted by atomic mass is 35.5. The number of carbonyl (C=O) groups excluding carboxylic acids is 1. The minimum Gasteiger partial charge on any atom is -0.307 e. The van der Waals surface area contributed by atoms with Gasteiger partial charge < -0.3 is 5.32 Å². The van der Waals surface area contributed by atoms with Gasteiger partial charge in [0.2, 0.25) is 0 Å². The number of urea groups is 1. The number of hydrogen-bond donors (Lipinski definition) is 1. The molecule has 0 aromatic heterocycles. The third-order valence-corrected chi connectivity index (χ3v) is 1.77. The maximum atomic E-state index is 11.2. The average Bonchev–Trinajstić information content (AvgIpc) is 2.16. The molecule has 0 bridgehead atoms. The zero-order valence-corrected chi connectivity index (χ0v) is 8.25. The van der Waals surface area contributed by atoms with Crippen molar-refractivity contribution in [3.63, 3.8) is 0 Å². The summed E-state index contributed by atoms with van der Waals surface area (Å²) in [6, 6.07) is 6.21. The summed E-state index contributed by atoms with van der Waals surface area (Å²) in [5.74, 6) is 0. The lowest BCUT2D eigenvalue weighted by Gasteiger charge is -2.08. The molecule has 1 rings (SSSR count). The normalized spacial score (nSPS) is 8.93. The number of halogens is 1. The minimum atomic E-state index is -0.491. The van der Waals surface area contributed by atoms with Crippen molar-refractivity contribution in [3.05, 3.63) is 29.3 Å². The van der Waals surface area contributed by atoms with Crippen molar-refractivity contribution in [2.75, 3.05) is 12.4 Å². The van der Waals surface area contributed by atoms with Gasteiger partial charge in [-0.3, -0.25) is 0 Å². The van der Waals surface area contributed by atoms with Crippen LogP contribution >= 0.6 is 11.6 Å². The standard InChI is InChI=1S/C9H8ClN3O/c1-13(6-11)9(14)12-8-4-2-3-7(10)5-8/h2-5H,1H3,(H,12,14). The van der Waals surface area contributed by atoms with Gasteiger partial charge in [0.25, 0.3) is 0 Å². The molecule has 0 saturated carbocycles. The van der Waals surface area contributed by atoms with Crippen LogP contribution in [-0.4, -0.2) is 18.0 Å². The maximum Gasteiger partial charge on any atom is 0.334 e. The fourth-order valence-corrected chi connectivity index (χ4v) is 1.01. The molecule has 0 saturated heterocycles. The Hall–Kier alpha value is -1.73. The average molecular weight is 210 g/mol. The van der Waals surface area contributed by atoms with Gasteiger partial charge in [-0.25, -0.2) is 9.69 Å². The van der Waals surface area contributed by atoms with E-state index in [1.807, 2.05) is 0 Å². The van der Waals surface area contributed by atoms with Crippen LogP contribution in [-0.2, 0) is 0 Å². The molecule has 0 aliphatic carbocycles. The minimum absolute atomic E-state index is 0.491. The van der Waals surface area contributed by atoms with Crippen molar-refractivity contribution < 1.29 is 4.79 Å². The first-order chi connectivity index (χ1) is 6.63. The van der Waals surface area contributed by atoms with E-state index in [2.05, 4.69) is 5.32 Å². The molecule has 1 aromatic carbocycles. The van der Waals surface area contributed by atoms with E-state index in [0.29, 0.717) is 10.7 Å². The largest absolute Gasteiger partial charge is 0.334 e. The van der Waals surface area contributed by atoms with E-state index in [1.165, 1.54) is 7.05 Å². The molecule has 0 spiro atoms. The smallest absolute Gasteiger partial charge is 0.307 e. The van der Waals surface area contributed by atoms with Crippen LogP contribution in [0.5, 0.6) is 0 Å². The van der Waals surface area contributed by atoms with Crippen LogP contribution in [0, 0.1) is 11.5 Å². The van der Waals surface area contributed by atoms with Crippen molar-refractivity contribution in [2.45, 2.75) is 0 Å². The quantitative estimate of drug-likeness (QED) is 0.570. The van der Waals surface area contributed by atoms with Gasteiger partial charge in [0.05, 0.1) is 0 Å². The second-order valence-electron chi connectivity index (χ2n) is 2.60. The number of amides is 2. The molecule has 5 heteroatoms. The summed E-state index contributed by atoms with van der Waals surface area (Å²) in [6.07, 6.45) is 1.69. The molecule has 0 unspecified atom stereocenters. The predicted molar refractivity (Wildman–Crippen MR) is 53.8 cm³/mol. The van der Waals surface area contributed by atoms with Crippen molar-refractivity contribution in [2.24, 2.45) is 0 Å². The lowest BCUT2D eigenvalue weighted by atomic mass is 10.3. The number of nitrogens with zero attached hydrogens (tertiary/aromatic N) is 2. The summed E-state index contributed by atoms with van der Waals surface area (Å²) in [6.45, 7) is 0. The van der Waals surface area contributed by atoms with Crippen LogP contribution in [0.15, 0.2) is 24.3 Å². The molecule has 0 radical (unpaired) electrons. The van der Waals surface area contributed by atoms with Gasteiger partial charge in [-0.1, -0.05) is 17.7 Å². The Labute approximate surface area is 86.7 Å². The first-order valence-corrected chi connectivity index (χ1v) is 4.21. The second-order valence-corrected chi connectivity index (χ2v) is 3.04. The number of nitriles is 1. The van der Waals surface area contributed by atoms with E-state index in [9.17, 15) is 4.79 Å². The molecule has 0 heterocycles. The summed E-state index contributed by atoms with van der Waals surface area (Å²) in [5, 5.41) is 11.5. The van der Waals surface area contributed by atoms with Crippen LogP contribution in [0.1, 0.15) is 0 Å². The van der Waals surface area contributed by atoms with E-state index < -0.39 is 6.03 Å². The van der Waals surface area contributed by atoms with Crippen LogP contribution in [0.25, 0.3) is 0 Å². The lowest BCUT2D eigenvalue weighted by Crippen LogP contribution is -2.26. The zero-order valence-electron chi connectivity index (χ0n) is 7.49. The Kier molecular flexibility index (Phi) is 3.32. The zero-order chi connectivity index (χ0) is 10.6. The Morgan fingerprint density at radius 3 is 2.93 bits per heavy atom. The van der Waals surface area contributed by atoms with Crippen LogP contribution in [0.2, 0.25) is 5.02 Å². The van der Waals surface area contributed by atoms with Crippen LogP contribution in [0.4, 0.5) is 10.5 Å². The van der Waals surface area contributed by atoms with E-state index in [-0.39, 0.29) is 0 Å². The number of benzene rings is 1. The molecule has 0 aliphatic rings. The van der Waals surface area contributed by atoms with Gasteiger partial charge in [-0.05, 0) is 18.2 Å². The second kappa shape index (κ2) is 4.49. The van der Waals surface area contributed by atoms with Gasteiger partial charge in [0, 0.05) is 17.8 Å². The molecule has 72 valence electrons. The summed E-state index contributed by atoms with van der Waals surface area (Å²) < 4.78 is 0. The fraction of sp³-hybridized carbons (Fsp3) is 0.111. The van der Waals surface area contributed by atoms with Gasteiger partial charge in [0.15, 0.2) is 6.19 Å². The number of rotatable bonds is 1. The Morgan fingerprint density at radius 2 is 2.36 bits per heavy atom. The van der Waals surface area contributed by atoms with Gasteiger partial charge >= 0.3 is 6.03 Å². The number of carbonyl (C=O) groups is 1. The maximum absolute atomic E-state index is 11.2. The monoisotopic (exact) mass is 209 g/mol. The Morgan fingerprint density at radius 1 is 1.64 bits per heavy atom. The molecular formula is C9H8ClN3O. The first kappa shape index (κ1) is 10.4. The van der Waals surface area contributed by atoms with E-state index >= 15 is 0 Å². The van der Waals surface area contributed by atoms with Gasteiger partial charge in [0.1, 0.15) is 0 Å². The summed E-state index contributed by atoms with van der Waals surface area (Å²) in [5.41, 5.74) is 0.560. The topological polar surface area (TPSA) is 56.1 Å². The van der Waals surface area contributed by atoms with Crippen molar-refractivity contribution in [3.8, 4) is 6.19 Å². The van der Waals surface area contributed by atoms with E-state index in [4.69, 9.17) is 16.9 Å². The van der Waals surface area contributed by atoms with Gasteiger partial charge in [-0.15, -0.1) is 0 Å². The predicted octanol–water partition coefficient (Wildman–Crippen LogP) is 2.28. The number of hydrogen-bond acceptors (Lipinski definition) is 2. The highest BCUT2D eigenvalue weighted by Crippen LogP contribution is 2.14. The van der Waals surface area contributed by atoms with Crippen molar-refractivity contribution in [1.29, 1.82) is 5.26 Å². The molecule has 14 heavy (non-hydrogen) atoms. The molecule has 2 amide bonds. The third-order valence-electron chi connectivity index (χ3n) is 1.53. The molecule has 0 fully saturated rings. The molecule has 1 N–H and O–H groups in total. The summed E-state index contributed by atoms with van der Waals surface area (Å²) in [4.78, 5) is 12.1. The lowest BCUT2D eigenvalue weighted by molar-refractivity contribution is 0.237. The molecule has 4 nitrogen and oxygen atoms in total. The SMILES string of the molecule is CN(C#N)C(=O)Nc1cccc(Cl)c1. The summed E-state index contributed by atoms with van der Waals surface area (Å²) >= 11 is 5.71. The molecule has 0 aliphatic heterocycles. The van der Waals surface area contributed by atoms with E-state index in [1.54, 1.807) is 30.5 Å². The molecule has 1 aromatic rings. The van der Waals surface area contributed by atoms with Crippen LogP contribution in [0.3, 0.4) is 0 Å². The molecular weight excluding hydrogens is 202 g/mol. The first-order valence-electron chi connectivity index (χ1n) is 3.83. The fourth-order valence-electron chi connectivity index (χ4n) is 0.819. The Bertz CT molecular complexity index is 386. The third kappa shape index (κ3) is 2.64. The van der Waals surface area contributed by atoms with Crippen molar-refractivity contribution in [1.82, 2.24) is 4.90 Å². The highest BCUT2D eigenvalue weighted by Gasteiger charge is 2.06. The highest BCUT2D eigenvalue weighted by molar-refractivity contribution is 6.30. The number of anilines is 1. The van der Waals surface area contributed by atoms with Crippen LogP contribution < -0.4 is 5.32 Å². The van der Waals surface area contributed by atoms with Crippen molar-refractivity contribution >= 4 is 23.3 Å². The molecule has 0 atom stereocenters. The number of nitrogens with one attached hydrogen (secondary N) is 1. The Balaban J connectivity index is 2.71. The summed E-state index contributed by atoms with van der Waals surface area (Å²) in [7, 11) is 1.37. The van der Waals surface area contributed by atoms with E-state index in [0.717, 1.165) is 4.90 Å². The van der Waals surface area contributed by atoms with Gasteiger partial charge in [-0.2, -0.15) is 5.26 Å².